The second-order valence-corrected chi connectivity index (χ2v) is 10.1. The molecule has 34 heavy (non-hydrogen) atoms. The van der Waals surface area contributed by atoms with Crippen LogP contribution in [0.1, 0.15) is 38.2 Å². The van der Waals surface area contributed by atoms with E-state index in [1.165, 1.54) is 18.4 Å². The topological polar surface area (TPSA) is 69.2 Å². The van der Waals surface area contributed by atoms with Crippen LogP contribution in [0.25, 0.3) is 0 Å². The standard InChI is InChI=1S/C27H37N5O2/c1-20-7-8-23(34-24-13-16-32(18-24)17-21-5-3-2-4-6-21)9-10-25(30-29-20)27(33)28-26-19-31-14-11-22(26)12-15-31/h2-9,20,22,24,26,29H,10-19H2,1H3,(H,28,33)/b8-7-,23-9+,30-25+/t20?,24?,26-/m1/s1. The van der Waals surface area contributed by atoms with Gasteiger partial charge in [0.05, 0.1) is 6.04 Å². The van der Waals surface area contributed by atoms with Gasteiger partial charge in [0.15, 0.2) is 0 Å². The third-order valence-electron chi connectivity index (χ3n) is 7.46. The number of nitrogens with zero attached hydrogens (tertiary/aromatic N) is 3. The van der Waals surface area contributed by atoms with Crippen molar-refractivity contribution in [3.8, 4) is 0 Å². The summed E-state index contributed by atoms with van der Waals surface area (Å²) >= 11 is 0. The minimum atomic E-state index is -0.0640. The maximum absolute atomic E-state index is 13.1. The average molecular weight is 464 g/mol. The molecule has 2 bridgehead atoms. The fourth-order valence-corrected chi connectivity index (χ4v) is 5.46. The first-order chi connectivity index (χ1) is 16.6. The van der Waals surface area contributed by atoms with Gasteiger partial charge in [0, 0.05) is 38.6 Å². The number of carbonyl (C=O) groups is 1. The molecule has 3 atom stereocenters. The highest BCUT2D eigenvalue weighted by Gasteiger charge is 2.35. The van der Waals surface area contributed by atoms with E-state index in [0.717, 1.165) is 51.4 Å². The SMILES string of the molecule is CC1/C=C\C(OC2CCN(Cc3ccccc3)C2)=C/C/C(C(=O)N[C@@H]2CN3CCC2CC3)=N\N1. The molecule has 7 nitrogen and oxygen atoms in total. The first-order valence-corrected chi connectivity index (χ1v) is 12.8. The Hall–Kier alpha value is -2.64. The summed E-state index contributed by atoms with van der Waals surface area (Å²) in [6.07, 6.45) is 10.0. The van der Waals surface area contributed by atoms with E-state index in [1.807, 2.05) is 25.2 Å². The smallest absolute Gasteiger partial charge is 0.268 e. The van der Waals surface area contributed by atoms with Gasteiger partial charge in [0.25, 0.3) is 5.91 Å². The van der Waals surface area contributed by atoms with Crippen LogP contribution in [0.5, 0.6) is 0 Å². The summed E-state index contributed by atoms with van der Waals surface area (Å²) in [5.74, 6) is 1.35. The highest BCUT2D eigenvalue weighted by molar-refractivity contribution is 6.39. The highest BCUT2D eigenvalue weighted by atomic mass is 16.5. The van der Waals surface area contributed by atoms with E-state index in [-0.39, 0.29) is 24.1 Å². The van der Waals surface area contributed by atoms with E-state index in [9.17, 15) is 4.79 Å². The minimum Gasteiger partial charge on any atom is -0.489 e. The number of fused-ring (bicyclic) bond motifs is 3. The summed E-state index contributed by atoms with van der Waals surface area (Å²) in [6, 6.07) is 10.8. The van der Waals surface area contributed by atoms with Crippen LogP contribution in [0, 0.1) is 5.92 Å². The molecule has 2 N–H and O–H groups in total. The Bertz CT molecular complexity index is 936. The van der Waals surface area contributed by atoms with Gasteiger partial charge in [-0.25, -0.2) is 0 Å². The van der Waals surface area contributed by atoms with Gasteiger partial charge >= 0.3 is 0 Å². The fraction of sp³-hybridized carbons (Fsp3) is 0.556. The van der Waals surface area contributed by atoms with Gasteiger partial charge in [-0.05, 0) is 62.9 Å². The van der Waals surface area contributed by atoms with Crippen LogP contribution in [0.15, 0.2) is 59.4 Å². The predicted molar refractivity (Wildman–Crippen MR) is 134 cm³/mol. The Morgan fingerprint density at radius 3 is 2.74 bits per heavy atom. The van der Waals surface area contributed by atoms with Crippen molar-refractivity contribution in [3.05, 3.63) is 59.9 Å². The van der Waals surface area contributed by atoms with Crippen molar-refractivity contribution in [2.24, 2.45) is 11.0 Å². The molecule has 182 valence electrons. The lowest BCUT2D eigenvalue weighted by molar-refractivity contribution is -0.116. The maximum atomic E-state index is 13.1. The van der Waals surface area contributed by atoms with E-state index in [4.69, 9.17) is 4.74 Å². The lowest BCUT2D eigenvalue weighted by Gasteiger charge is -2.44. The molecule has 7 heteroatoms. The van der Waals surface area contributed by atoms with Crippen LogP contribution < -0.4 is 10.7 Å². The van der Waals surface area contributed by atoms with Crippen molar-refractivity contribution >= 4 is 11.6 Å². The molecule has 0 saturated carbocycles. The van der Waals surface area contributed by atoms with Crippen molar-refractivity contribution in [2.45, 2.75) is 57.3 Å². The molecule has 0 spiro atoms. The molecule has 0 aromatic heterocycles. The summed E-state index contributed by atoms with van der Waals surface area (Å²) in [4.78, 5) is 18.0. The van der Waals surface area contributed by atoms with Gasteiger partial charge in [-0.2, -0.15) is 5.10 Å². The number of benzene rings is 1. The normalized spacial score (nSPS) is 35.5. The predicted octanol–water partition coefficient (Wildman–Crippen LogP) is 2.67. The van der Waals surface area contributed by atoms with E-state index >= 15 is 0 Å². The van der Waals surface area contributed by atoms with Crippen LogP contribution in [0.2, 0.25) is 0 Å². The molecule has 1 aromatic carbocycles. The third-order valence-corrected chi connectivity index (χ3v) is 7.46. The Kier molecular flexibility index (Phi) is 7.30. The van der Waals surface area contributed by atoms with E-state index in [0.29, 0.717) is 18.1 Å². The lowest BCUT2D eigenvalue weighted by atomic mass is 9.84. The number of ether oxygens (including phenoxy) is 1. The lowest BCUT2D eigenvalue weighted by Crippen LogP contribution is -2.58. The first-order valence-electron chi connectivity index (χ1n) is 12.8. The van der Waals surface area contributed by atoms with E-state index < -0.39 is 0 Å². The number of allylic oxidation sites excluding steroid dienone is 2. The van der Waals surface area contributed by atoms with Crippen LogP contribution >= 0.6 is 0 Å². The summed E-state index contributed by atoms with van der Waals surface area (Å²) in [7, 11) is 0. The Morgan fingerprint density at radius 2 is 1.97 bits per heavy atom. The number of hydrazone groups is 1. The third kappa shape index (κ3) is 5.88. The van der Waals surface area contributed by atoms with Crippen LogP contribution in [-0.4, -0.2) is 72.3 Å². The highest BCUT2D eigenvalue weighted by Crippen LogP contribution is 2.27. The molecule has 1 aromatic rings. The second-order valence-electron chi connectivity index (χ2n) is 10.1. The Labute approximate surface area is 202 Å². The monoisotopic (exact) mass is 463 g/mol. The van der Waals surface area contributed by atoms with Crippen LogP contribution in [0.4, 0.5) is 0 Å². The molecule has 1 amide bonds. The molecular formula is C27H37N5O2. The van der Waals surface area contributed by atoms with Gasteiger partial charge in [0.2, 0.25) is 0 Å². The molecule has 0 radical (unpaired) electrons. The van der Waals surface area contributed by atoms with E-state index in [2.05, 4.69) is 56.0 Å². The molecule has 5 aliphatic rings. The summed E-state index contributed by atoms with van der Waals surface area (Å²) < 4.78 is 6.39. The second kappa shape index (κ2) is 10.7. The molecule has 5 heterocycles. The first kappa shape index (κ1) is 23.1. The molecule has 5 aliphatic heterocycles. The summed E-state index contributed by atoms with van der Waals surface area (Å²) in [6.45, 7) is 8.21. The Balaban J connectivity index is 1.18. The summed E-state index contributed by atoms with van der Waals surface area (Å²) in [5.41, 5.74) is 4.96. The van der Waals surface area contributed by atoms with Gasteiger partial charge in [-0.1, -0.05) is 36.4 Å². The van der Waals surface area contributed by atoms with Gasteiger partial charge in [-0.3, -0.25) is 9.69 Å². The van der Waals surface area contributed by atoms with Gasteiger partial charge in [0.1, 0.15) is 17.6 Å². The van der Waals surface area contributed by atoms with Crippen LogP contribution in [0.3, 0.4) is 0 Å². The Morgan fingerprint density at radius 1 is 1.15 bits per heavy atom. The molecular weight excluding hydrogens is 426 g/mol. The van der Waals surface area contributed by atoms with Crippen molar-refractivity contribution in [2.75, 3.05) is 32.7 Å². The number of likely N-dealkylation sites (tertiary alicyclic amines) is 1. The van der Waals surface area contributed by atoms with Crippen molar-refractivity contribution in [3.63, 3.8) is 0 Å². The minimum absolute atomic E-state index is 0.0165. The molecule has 2 unspecified atom stereocenters. The van der Waals surface area contributed by atoms with Crippen molar-refractivity contribution in [1.29, 1.82) is 0 Å². The number of carbonyl (C=O) groups excluding carboxylic acids is 1. The number of rotatable bonds is 6. The largest absolute Gasteiger partial charge is 0.489 e. The number of piperidine rings is 3. The van der Waals surface area contributed by atoms with Gasteiger partial charge < -0.3 is 20.4 Å². The number of hydrogen-bond acceptors (Lipinski definition) is 6. The maximum Gasteiger partial charge on any atom is 0.268 e. The number of nitrogens with one attached hydrogen (secondary N) is 2. The fourth-order valence-electron chi connectivity index (χ4n) is 5.46. The van der Waals surface area contributed by atoms with Gasteiger partial charge in [-0.15, -0.1) is 0 Å². The molecule has 6 rings (SSSR count). The van der Waals surface area contributed by atoms with Crippen molar-refractivity contribution in [1.82, 2.24) is 20.5 Å². The zero-order valence-electron chi connectivity index (χ0n) is 20.2. The van der Waals surface area contributed by atoms with Crippen LogP contribution in [-0.2, 0) is 16.1 Å². The zero-order valence-corrected chi connectivity index (χ0v) is 20.2. The number of hydrogen-bond donors (Lipinski definition) is 2. The average Bonchev–Trinajstić information content (AvgIpc) is 3.32. The quantitative estimate of drug-likeness (QED) is 0.679. The summed E-state index contributed by atoms with van der Waals surface area (Å²) in [5, 5.41) is 7.73. The zero-order chi connectivity index (χ0) is 23.3. The number of amides is 1. The molecule has 0 aliphatic carbocycles. The van der Waals surface area contributed by atoms with E-state index in [1.54, 1.807) is 0 Å². The molecule has 4 fully saturated rings. The molecule has 4 saturated heterocycles. The van der Waals surface area contributed by atoms with Crippen molar-refractivity contribution < 1.29 is 9.53 Å².